The van der Waals surface area contributed by atoms with Gasteiger partial charge in [-0.15, -0.1) is 0 Å². The minimum absolute atomic E-state index is 0.0316. The van der Waals surface area contributed by atoms with Crippen molar-refractivity contribution in [3.05, 3.63) is 50.1 Å². The molecule has 0 aliphatic rings. The number of hydrogen-bond donors (Lipinski definition) is 2. The number of hydrogen-bond acceptors (Lipinski definition) is 3. The van der Waals surface area contributed by atoms with E-state index in [9.17, 15) is 12.8 Å². The number of halogens is 4. The summed E-state index contributed by atoms with van der Waals surface area (Å²) in [7, 11) is -4.16. The fourth-order valence-corrected chi connectivity index (χ4v) is 4.33. The Kier molecular flexibility index (Phi) is 4.82. The van der Waals surface area contributed by atoms with Gasteiger partial charge < -0.3 is 5.73 Å². The molecule has 0 saturated heterocycles. The van der Waals surface area contributed by atoms with Crippen molar-refractivity contribution in [2.75, 3.05) is 10.5 Å². The Balaban J connectivity index is 2.48. The van der Waals surface area contributed by atoms with Crippen LogP contribution in [0.2, 0.25) is 5.02 Å². The van der Waals surface area contributed by atoms with E-state index in [1.807, 2.05) is 0 Å². The lowest BCUT2D eigenvalue weighted by Gasteiger charge is -2.12. The summed E-state index contributed by atoms with van der Waals surface area (Å²) in [6.07, 6.45) is 0. The molecule has 3 N–H and O–H groups in total. The molecule has 0 aliphatic heterocycles. The van der Waals surface area contributed by atoms with E-state index in [-0.39, 0.29) is 16.4 Å². The summed E-state index contributed by atoms with van der Waals surface area (Å²) in [5.74, 6) is -1.04. The van der Waals surface area contributed by atoms with E-state index in [1.54, 1.807) is 12.1 Å². The van der Waals surface area contributed by atoms with E-state index in [2.05, 4.69) is 36.6 Å². The Bertz CT molecular complexity index is 815. The van der Waals surface area contributed by atoms with Gasteiger partial charge in [0.25, 0.3) is 10.0 Å². The fourth-order valence-electron chi connectivity index (χ4n) is 1.55. The second-order valence-electron chi connectivity index (χ2n) is 4.04. The van der Waals surface area contributed by atoms with Crippen molar-refractivity contribution in [2.45, 2.75) is 4.90 Å². The molecule has 0 radical (unpaired) electrons. The maximum atomic E-state index is 13.9. The standard InChI is InChI=1S/C12H8Br2ClFN2O2S/c13-6-1-2-10(8(14)3-6)18-21(19,20)11-5-7(15)4-9(17)12(11)16/h1-5,18H,17H2. The molecule has 0 bridgehead atoms. The third-order valence-corrected chi connectivity index (χ3v) is 5.23. The molecular formula is C12H8Br2ClFN2O2S. The third-order valence-electron chi connectivity index (χ3n) is 2.50. The first-order valence-electron chi connectivity index (χ1n) is 5.43. The quantitative estimate of drug-likeness (QED) is 0.671. The molecule has 0 aromatic heterocycles. The van der Waals surface area contributed by atoms with Gasteiger partial charge in [0, 0.05) is 14.0 Å². The lowest BCUT2D eigenvalue weighted by molar-refractivity contribution is 0.573. The van der Waals surface area contributed by atoms with E-state index < -0.39 is 20.7 Å². The number of benzene rings is 2. The minimum atomic E-state index is -4.16. The van der Waals surface area contributed by atoms with E-state index in [4.69, 9.17) is 17.3 Å². The Labute approximate surface area is 142 Å². The van der Waals surface area contributed by atoms with E-state index in [1.165, 1.54) is 6.07 Å². The highest BCUT2D eigenvalue weighted by atomic mass is 79.9. The van der Waals surface area contributed by atoms with Gasteiger partial charge in [0.05, 0.1) is 11.4 Å². The summed E-state index contributed by atoms with van der Waals surface area (Å²) in [6.45, 7) is 0. The topological polar surface area (TPSA) is 72.2 Å². The van der Waals surface area contributed by atoms with Crippen molar-refractivity contribution in [2.24, 2.45) is 0 Å². The molecule has 4 nitrogen and oxygen atoms in total. The fraction of sp³-hybridized carbons (Fsp3) is 0. The van der Waals surface area contributed by atoms with E-state index in [0.29, 0.717) is 4.47 Å². The molecule has 112 valence electrons. The Hall–Kier alpha value is -0.830. The molecule has 21 heavy (non-hydrogen) atoms. The molecule has 2 rings (SSSR count). The van der Waals surface area contributed by atoms with Crippen LogP contribution in [0, 0.1) is 5.82 Å². The van der Waals surface area contributed by atoms with Crippen LogP contribution in [0.15, 0.2) is 44.2 Å². The Morgan fingerprint density at radius 1 is 1.19 bits per heavy atom. The van der Waals surface area contributed by atoms with E-state index in [0.717, 1.165) is 16.6 Å². The van der Waals surface area contributed by atoms with Crippen LogP contribution in [0.1, 0.15) is 0 Å². The highest BCUT2D eigenvalue weighted by Crippen LogP contribution is 2.30. The molecule has 0 unspecified atom stereocenters. The summed E-state index contributed by atoms with van der Waals surface area (Å²) in [5, 5.41) is 0.0316. The van der Waals surface area contributed by atoms with Crippen LogP contribution in [-0.2, 0) is 10.0 Å². The number of sulfonamides is 1. The molecule has 2 aromatic rings. The molecule has 0 saturated carbocycles. The van der Waals surface area contributed by atoms with Gasteiger partial charge >= 0.3 is 0 Å². The lowest BCUT2D eigenvalue weighted by Crippen LogP contribution is -2.15. The van der Waals surface area contributed by atoms with E-state index >= 15 is 0 Å². The molecule has 2 aromatic carbocycles. The maximum Gasteiger partial charge on any atom is 0.264 e. The summed E-state index contributed by atoms with van der Waals surface area (Å²) in [5.41, 5.74) is 5.32. The van der Waals surface area contributed by atoms with Crippen molar-refractivity contribution in [1.29, 1.82) is 0 Å². The normalized spacial score (nSPS) is 11.4. The van der Waals surface area contributed by atoms with Crippen LogP contribution in [0.3, 0.4) is 0 Å². The zero-order valence-electron chi connectivity index (χ0n) is 10.2. The van der Waals surface area contributed by atoms with Gasteiger partial charge in [-0.25, -0.2) is 12.8 Å². The Morgan fingerprint density at radius 3 is 2.48 bits per heavy atom. The van der Waals surface area contributed by atoms with Gasteiger partial charge in [0.1, 0.15) is 4.90 Å². The van der Waals surface area contributed by atoms with Gasteiger partial charge in [0.15, 0.2) is 5.82 Å². The van der Waals surface area contributed by atoms with Crippen LogP contribution in [0.25, 0.3) is 0 Å². The van der Waals surface area contributed by atoms with Crippen molar-refractivity contribution >= 4 is 64.9 Å². The summed E-state index contributed by atoms with van der Waals surface area (Å²) >= 11 is 12.2. The van der Waals surface area contributed by atoms with Crippen LogP contribution < -0.4 is 10.5 Å². The first kappa shape index (κ1) is 16.5. The second kappa shape index (κ2) is 6.12. The van der Waals surface area contributed by atoms with Gasteiger partial charge in [-0.1, -0.05) is 27.5 Å². The predicted octanol–water partition coefficient (Wildman–Crippen LogP) is 4.39. The molecule has 9 heteroatoms. The molecule has 0 spiro atoms. The van der Waals surface area contributed by atoms with Crippen LogP contribution in [-0.4, -0.2) is 8.42 Å². The number of anilines is 2. The summed E-state index contributed by atoms with van der Waals surface area (Å²) in [4.78, 5) is -0.609. The number of rotatable bonds is 3. The third kappa shape index (κ3) is 3.68. The van der Waals surface area contributed by atoms with Gasteiger partial charge in [-0.2, -0.15) is 0 Å². The highest BCUT2D eigenvalue weighted by Gasteiger charge is 2.22. The molecule has 0 atom stereocenters. The SMILES string of the molecule is Nc1cc(Cl)cc(S(=O)(=O)Nc2ccc(Br)cc2Br)c1F. The van der Waals surface area contributed by atoms with Crippen molar-refractivity contribution in [3.63, 3.8) is 0 Å². The molecule has 0 heterocycles. The number of nitrogen functional groups attached to an aromatic ring is 1. The summed E-state index contributed by atoms with van der Waals surface area (Å²) < 4.78 is 42.0. The minimum Gasteiger partial charge on any atom is -0.396 e. The molecule has 0 aliphatic carbocycles. The van der Waals surface area contributed by atoms with Crippen LogP contribution >= 0.6 is 43.5 Å². The molecular weight excluding hydrogens is 450 g/mol. The molecule has 0 amide bonds. The van der Waals surface area contributed by atoms with Gasteiger partial charge in [-0.3, -0.25) is 4.72 Å². The average Bonchev–Trinajstić information content (AvgIpc) is 2.37. The van der Waals surface area contributed by atoms with Crippen LogP contribution in [0.5, 0.6) is 0 Å². The Morgan fingerprint density at radius 2 is 1.86 bits per heavy atom. The average molecular weight is 459 g/mol. The van der Waals surface area contributed by atoms with Crippen molar-refractivity contribution in [3.8, 4) is 0 Å². The zero-order chi connectivity index (χ0) is 15.8. The highest BCUT2D eigenvalue weighted by molar-refractivity contribution is 9.11. The zero-order valence-corrected chi connectivity index (χ0v) is 14.9. The number of nitrogens with two attached hydrogens (primary N) is 1. The van der Waals surface area contributed by atoms with Crippen molar-refractivity contribution in [1.82, 2.24) is 0 Å². The maximum absolute atomic E-state index is 13.9. The smallest absolute Gasteiger partial charge is 0.264 e. The second-order valence-corrected chi connectivity index (χ2v) is 7.89. The van der Waals surface area contributed by atoms with Crippen molar-refractivity contribution < 1.29 is 12.8 Å². The first-order chi connectivity index (χ1) is 9.70. The number of nitrogens with one attached hydrogen (secondary N) is 1. The van der Waals surface area contributed by atoms with Gasteiger partial charge in [-0.05, 0) is 46.3 Å². The summed E-state index contributed by atoms with van der Waals surface area (Å²) in [6, 6.07) is 6.97. The molecule has 0 fully saturated rings. The largest absolute Gasteiger partial charge is 0.396 e. The van der Waals surface area contributed by atoms with Crippen LogP contribution in [0.4, 0.5) is 15.8 Å². The lowest BCUT2D eigenvalue weighted by atomic mass is 10.3. The monoisotopic (exact) mass is 456 g/mol. The predicted molar refractivity (Wildman–Crippen MR) is 88.5 cm³/mol. The first-order valence-corrected chi connectivity index (χ1v) is 8.88. The van der Waals surface area contributed by atoms with Gasteiger partial charge in [0.2, 0.25) is 0 Å².